The second kappa shape index (κ2) is 11.2. The first kappa shape index (κ1) is 25.0. The van der Waals surface area contributed by atoms with E-state index in [-0.39, 0.29) is 0 Å². The van der Waals surface area contributed by atoms with Crippen molar-refractivity contribution in [3.8, 4) is 5.75 Å². The summed E-state index contributed by atoms with van der Waals surface area (Å²) in [6, 6.07) is 4.02. The maximum absolute atomic E-state index is 6.55. The Kier molecular flexibility index (Phi) is 7.79. The van der Waals surface area contributed by atoms with E-state index in [0.717, 1.165) is 111 Å². The van der Waals surface area contributed by atoms with Crippen molar-refractivity contribution >= 4 is 34.1 Å². The Morgan fingerprint density at radius 2 is 1.67 bits per heavy atom. The van der Waals surface area contributed by atoms with Crippen molar-refractivity contribution in [3.63, 3.8) is 0 Å². The molecule has 0 radical (unpaired) electrons. The average Bonchev–Trinajstić information content (AvgIpc) is 3.34. The van der Waals surface area contributed by atoms with Crippen LogP contribution in [-0.4, -0.2) is 102 Å². The highest BCUT2D eigenvalue weighted by atomic mass is 35.5. The number of anilines is 2. The Morgan fingerprint density at radius 3 is 2.39 bits per heavy atom. The lowest BCUT2D eigenvalue weighted by atomic mass is 10.1. The molecule has 2 aliphatic heterocycles. The number of aromatic nitrogens is 4. The molecule has 0 saturated carbocycles. The van der Waals surface area contributed by atoms with Gasteiger partial charge < -0.3 is 19.4 Å². The summed E-state index contributed by atoms with van der Waals surface area (Å²) in [4.78, 5) is 18.7. The summed E-state index contributed by atoms with van der Waals surface area (Å²) in [6.45, 7) is 17.2. The smallest absolute Gasteiger partial charge is 0.186 e. The molecule has 2 saturated heterocycles. The molecular weight excluding hydrogens is 476 g/mol. The summed E-state index contributed by atoms with van der Waals surface area (Å²) in [5.74, 6) is 1.85. The number of nitrogens with zero attached hydrogens (tertiary/aromatic N) is 7. The van der Waals surface area contributed by atoms with Crippen LogP contribution in [0.25, 0.3) is 11.0 Å². The van der Waals surface area contributed by atoms with Gasteiger partial charge in [-0.15, -0.1) is 0 Å². The number of piperazine rings is 2. The highest BCUT2D eigenvalue weighted by Crippen LogP contribution is 2.34. The van der Waals surface area contributed by atoms with E-state index in [9.17, 15) is 0 Å². The zero-order valence-electron chi connectivity index (χ0n) is 21.6. The van der Waals surface area contributed by atoms with Crippen LogP contribution < -0.4 is 14.5 Å². The van der Waals surface area contributed by atoms with Gasteiger partial charge in [0.25, 0.3) is 0 Å². The topological polar surface area (TPSA) is 76.6 Å². The number of benzene rings is 1. The number of rotatable bonds is 8. The van der Waals surface area contributed by atoms with Crippen molar-refractivity contribution in [2.75, 3.05) is 81.9 Å². The fraction of sp³-hybridized carbons (Fsp3) is 0.577. The van der Waals surface area contributed by atoms with Crippen molar-refractivity contribution in [1.82, 2.24) is 30.0 Å². The molecule has 5 rings (SSSR count). The van der Waals surface area contributed by atoms with Crippen LogP contribution in [0, 0.1) is 6.92 Å². The van der Waals surface area contributed by atoms with E-state index in [1.165, 1.54) is 0 Å². The molecule has 0 bridgehead atoms. The van der Waals surface area contributed by atoms with Gasteiger partial charge in [0.05, 0.1) is 5.39 Å². The normalized spacial score (nSPS) is 17.8. The highest BCUT2D eigenvalue weighted by Gasteiger charge is 2.24. The fourth-order valence-corrected chi connectivity index (χ4v) is 5.49. The quantitative estimate of drug-likeness (QED) is 0.493. The number of aryl methyl sites for hydroxylation is 1. The van der Waals surface area contributed by atoms with Gasteiger partial charge in [-0.05, 0) is 32.0 Å². The molecule has 0 unspecified atom stereocenters. The lowest BCUT2D eigenvalue weighted by molar-refractivity contribution is 0.120. The SMILES string of the molecule is CCc1[nH]nc2ncnc(N3CCN(c4cc(Cl)cc(OCCN5CCN(CC)CC5)c4C)CC3)c12. The average molecular weight is 513 g/mol. The number of fused-ring (bicyclic) bond motifs is 1. The summed E-state index contributed by atoms with van der Waals surface area (Å²) in [5.41, 5.74) is 4.12. The summed E-state index contributed by atoms with van der Waals surface area (Å²) in [5, 5.41) is 9.23. The maximum Gasteiger partial charge on any atom is 0.186 e. The van der Waals surface area contributed by atoms with Crippen LogP contribution in [0.2, 0.25) is 5.02 Å². The van der Waals surface area contributed by atoms with Crippen LogP contribution in [0.3, 0.4) is 0 Å². The van der Waals surface area contributed by atoms with Crippen LogP contribution >= 0.6 is 11.6 Å². The van der Waals surface area contributed by atoms with Crippen LogP contribution in [0.1, 0.15) is 25.1 Å². The van der Waals surface area contributed by atoms with Crippen LogP contribution in [0.15, 0.2) is 18.5 Å². The van der Waals surface area contributed by atoms with Crippen molar-refractivity contribution in [1.29, 1.82) is 0 Å². The number of hydrogen-bond donors (Lipinski definition) is 1. The second-order valence-electron chi connectivity index (χ2n) is 9.60. The third kappa shape index (κ3) is 5.23. The largest absolute Gasteiger partial charge is 0.492 e. The first-order chi connectivity index (χ1) is 17.6. The molecule has 36 heavy (non-hydrogen) atoms. The molecule has 0 amide bonds. The molecule has 2 aliphatic rings. The van der Waals surface area contributed by atoms with E-state index in [1.54, 1.807) is 6.33 Å². The Hall–Kier alpha value is -2.62. The zero-order valence-corrected chi connectivity index (χ0v) is 22.4. The molecule has 9 nitrogen and oxygen atoms in total. The zero-order chi connectivity index (χ0) is 25.1. The molecule has 4 heterocycles. The Balaban J connectivity index is 1.22. The lowest BCUT2D eigenvalue weighted by Gasteiger charge is -2.38. The minimum Gasteiger partial charge on any atom is -0.492 e. The molecule has 0 aliphatic carbocycles. The van der Waals surface area contributed by atoms with Crippen molar-refractivity contribution in [3.05, 3.63) is 34.7 Å². The number of likely N-dealkylation sites (N-methyl/N-ethyl adjacent to an activating group) is 1. The molecule has 194 valence electrons. The predicted molar refractivity (Wildman–Crippen MR) is 146 cm³/mol. The number of nitrogens with one attached hydrogen (secondary N) is 1. The van der Waals surface area contributed by atoms with Crippen LogP contribution in [0.4, 0.5) is 11.5 Å². The third-order valence-electron chi connectivity index (χ3n) is 7.55. The molecule has 0 atom stereocenters. The third-order valence-corrected chi connectivity index (χ3v) is 7.77. The number of H-pyrrole nitrogens is 1. The number of hydrogen-bond acceptors (Lipinski definition) is 8. The van der Waals surface area contributed by atoms with E-state index < -0.39 is 0 Å². The molecule has 2 aromatic heterocycles. The fourth-order valence-electron chi connectivity index (χ4n) is 5.29. The minimum atomic E-state index is 0.675. The van der Waals surface area contributed by atoms with Gasteiger partial charge in [-0.25, -0.2) is 9.97 Å². The van der Waals surface area contributed by atoms with E-state index >= 15 is 0 Å². The van der Waals surface area contributed by atoms with E-state index in [4.69, 9.17) is 16.3 Å². The van der Waals surface area contributed by atoms with Gasteiger partial charge in [-0.3, -0.25) is 10.00 Å². The molecule has 1 aromatic carbocycles. The lowest BCUT2D eigenvalue weighted by Crippen LogP contribution is -2.47. The van der Waals surface area contributed by atoms with Gasteiger partial charge in [-0.1, -0.05) is 25.4 Å². The monoisotopic (exact) mass is 512 g/mol. The summed E-state index contributed by atoms with van der Waals surface area (Å²) in [6.07, 6.45) is 2.48. The molecular formula is C26H37ClN8O. The number of halogens is 1. The Labute approximate surface area is 218 Å². The number of aromatic amines is 1. The molecule has 0 spiro atoms. The second-order valence-corrected chi connectivity index (χ2v) is 10.0. The standard InChI is InChI=1S/C26H37ClN8O/c1-4-21-24-25(31-30-21)28-18-29-26(24)35-12-10-34(11-13-35)22-16-20(27)17-23(19(22)3)36-15-14-33-8-6-32(5-2)7-9-33/h16-18H,4-15H2,1-3H3,(H,28,29,30,31). The van der Waals surface area contributed by atoms with Crippen molar-refractivity contribution < 1.29 is 4.74 Å². The Morgan fingerprint density at radius 1 is 0.944 bits per heavy atom. The first-order valence-electron chi connectivity index (χ1n) is 13.1. The Bertz CT molecular complexity index is 1170. The summed E-state index contributed by atoms with van der Waals surface area (Å²) in [7, 11) is 0. The molecule has 10 heteroatoms. The van der Waals surface area contributed by atoms with Gasteiger partial charge in [0.15, 0.2) is 5.65 Å². The van der Waals surface area contributed by atoms with E-state index in [2.05, 4.69) is 66.6 Å². The summed E-state index contributed by atoms with van der Waals surface area (Å²) < 4.78 is 6.26. The van der Waals surface area contributed by atoms with Crippen molar-refractivity contribution in [2.45, 2.75) is 27.2 Å². The molecule has 2 fully saturated rings. The predicted octanol–water partition coefficient (Wildman–Crippen LogP) is 3.22. The summed E-state index contributed by atoms with van der Waals surface area (Å²) >= 11 is 6.55. The van der Waals surface area contributed by atoms with Gasteiger partial charge in [0, 0.05) is 80.9 Å². The van der Waals surface area contributed by atoms with Gasteiger partial charge in [-0.2, -0.15) is 5.10 Å². The van der Waals surface area contributed by atoms with Gasteiger partial charge in [0.1, 0.15) is 24.5 Å². The van der Waals surface area contributed by atoms with Crippen LogP contribution in [-0.2, 0) is 6.42 Å². The molecule has 3 aromatic rings. The minimum absolute atomic E-state index is 0.675. The van der Waals surface area contributed by atoms with Gasteiger partial charge >= 0.3 is 0 Å². The van der Waals surface area contributed by atoms with Crippen molar-refractivity contribution in [2.24, 2.45) is 0 Å². The van der Waals surface area contributed by atoms with Gasteiger partial charge in [0.2, 0.25) is 0 Å². The number of ether oxygens (including phenoxy) is 1. The van der Waals surface area contributed by atoms with E-state index in [1.807, 2.05) is 6.07 Å². The molecule has 1 N–H and O–H groups in total. The first-order valence-corrected chi connectivity index (χ1v) is 13.5. The van der Waals surface area contributed by atoms with Crippen LogP contribution in [0.5, 0.6) is 5.75 Å². The maximum atomic E-state index is 6.55. The van der Waals surface area contributed by atoms with E-state index in [0.29, 0.717) is 11.6 Å². The highest BCUT2D eigenvalue weighted by molar-refractivity contribution is 6.31.